The second-order valence-electron chi connectivity index (χ2n) is 6.15. The molecule has 0 fully saturated rings. The lowest BCUT2D eigenvalue weighted by molar-refractivity contribution is 0.371. The molecular formula is C18H23NO2. The summed E-state index contributed by atoms with van der Waals surface area (Å²) >= 11 is 0. The van der Waals surface area contributed by atoms with Gasteiger partial charge in [0.1, 0.15) is 0 Å². The summed E-state index contributed by atoms with van der Waals surface area (Å²) in [6.45, 7) is 7.15. The maximum absolute atomic E-state index is 10.1. The number of methoxy groups -OCH3 is 1. The van der Waals surface area contributed by atoms with E-state index < -0.39 is 0 Å². The van der Waals surface area contributed by atoms with Crippen LogP contribution in [0.3, 0.4) is 0 Å². The van der Waals surface area contributed by atoms with E-state index in [-0.39, 0.29) is 11.2 Å². The van der Waals surface area contributed by atoms with Crippen LogP contribution in [0.4, 0.5) is 5.69 Å². The second-order valence-corrected chi connectivity index (χ2v) is 6.15. The summed E-state index contributed by atoms with van der Waals surface area (Å²) in [6, 6.07) is 13.9. The molecule has 0 spiro atoms. The van der Waals surface area contributed by atoms with Crippen LogP contribution in [-0.4, -0.2) is 12.2 Å². The van der Waals surface area contributed by atoms with Crippen LogP contribution in [0.1, 0.15) is 31.9 Å². The lowest BCUT2D eigenvalue weighted by Crippen LogP contribution is -2.10. The Kier molecular flexibility index (Phi) is 4.41. The number of phenols is 1. The van der Waals surface area contributed by atoms with E-state index in [9.17, 15) is 5.11 Å². The van der Waals surface area contributed by atoms with Crippen LogP contribution in [0.15, 0.2) is 42.5 Å². The largest absolute Gasteiger partial charge is 0.504 e. The second kappa shape index (κ2) is 6.08. The van der Waals surface area contributed by atoms with Gasteiger partial charge in [-0.3, -0.25) is 0 Å². The highest BCUT2D eigenvalue weighted by atomic mass is 16.5. The molecule has 2 aromatic rings. The molecule has 21 heavy (non-hydrogen) atoms. The average Bonchev–Trinajstić information content (AvgIpc) is 2.46. The van der Waals surface area contributed by atoms with Crippen LogP contribution in [0, 0.1) is 0 Å². The minimum atomic E-state index is 0.156. The van der Waals surface area contributed by atoms with Gasteiger partial charge in [-0.25, -0.2) is 0 Å². The van der Waals surface area contributed by atoms with Crippen molar-refractivity contribution in [2.75, 3.05) is 12.4 Å². The van der Waals surface area contributed by atoms with E-state index in [1.165, 1.54) is 5.56 Å². The SMILES string of the molecule is COc1cccc(CNc2ccc(C(C)(C)C)cc2)c1O. The number of hydrogen-bond donors (Lipinski definition) is 2. The fraction of sp³-hybridized carbons (Fsp3) is 0.333. The van der Waals surface area contributed by atoms with E-state index in [0.717, 1.165) is 11.3 Å². The van der Waals surface area contributed by atoms with Crippen molar-refractivity contribution in [3.05, 3.63) is 53.6 Å². The summed E-state index contributed by atoms with van der Waals surface area (Å²) in [5.74, 6) is 0.691. The zero-order chi connectivity index (χ0) is 15.5. The molecule has 0 unspecified atom stereocenters. The van der Waals surface area contributed by atoms with Crippen LogP contribution in [0.25, 0.3) is 0 Å². The Morgan fingerprint density at radius 2 is 1.71 bits per heavy atom. The Bertz CT molecular complexity index is 598. The summed E-state index contributed by atoms with van der Waals surface area (Å²) in [5, 5.41) is 13.4. The molecule has 0 heterocycles. The van der Waals surface area contributed by atoms with Crippen molar-refractivity contribution in [2.24, 2.45) is 0 Å². The van der Waals surface area contributed by atoms with Crippen molar-refractivity contribution in [3.8, 4) is 11.5 Å². The molecule has 0 saturated heterocycles. The molecule has 0 aromatic heterocycles. The first-order valence-electron chi connectivity index (χ1n) is 7.11. The predicted molar refractivity (Wildman–Crippen MR) is 87.1 cm³/mol. The molecule has 0 bridgehead atoms. The molecule has 3 nitrogen and oxygen atoms in total. The van der Waals surface area contributed by atoms with Crippen molar-refractivity contribution in [2.45, 2.75) is 32.7 Å². The van der Waals surface area contributed by atoms with E-state index in [1.807, 2.05) is 12.1 Å². The molecule has 0 amide bonds. The molecule has 2 N–H and O–H groups in total. The Morgan fingerprint density at radius 3 is 2.29 bits per heavy atom. The van der Waals surface area contributed by atoms with Crippen LogP contribution in [-0.2, 0) is 12.0 Å². The number of para-hydroxylation sites is 1. The number of aromatic hydroxyl groups is 1. The fourth-order valence-corrected chi connectivity index (χ4v) is 2.16. The van der Waals surface area contributed by atoms with Crippen LogP contribution < -0.4 is 10.1 Å². The molecule has 2 rings (SSSR count). The van der Waals surface area contributed by atoms with E-state index in [1.54, 1.807) is 13.2 Å². The molecule has 0 atom stereocenters. The minimum absolute atomic E-state index is 0.156. The van der Waals surface area contributed by atoms with Crippen molar-refractivity contribution < 1.29 is 9.84 Å². The minimum Gasteiger partial charge on any atom is -0.504 e. The number of benzene rings is 2. The van der Waals surface area contributed by atoms with E-state index in [2.05, 4.69) is 50.4 Å². The Labute approximate surface area is 126 Å². The summed E-state index contributed by atoms with van der Waals surface area (Å²) < 4.78 is 5.11. The molecule has 0 saturated carbocycles. The van der Waals surface area contributed by atoms with Crippen molar-refractivity contribution >= 4 is 5.69 Å². The van der Waals surface area contributed by atoms with Gasteiger partial charge in [-0.2, -0.15) is 0 Å². The topological polar surface area (TPSA) is 41.5 Å². The maximum Gasteiger partial charge on any atom is 0.162 e. The Morgan fingerprint density at radius 1 is 1.05 bits per heavy atom. The van der Waals surface area contributed by atoms with Gasteiger partial charge in [-0.05, 0) is 29.2 Å². The summed E-state index contributed by atoms with van der Waals surface area (Å²) in [5.41, 5.74) is 3.31. The number of phenolic OH excluding ortho intramolecular Hbond substituents is 1. The first-order valence-corrected chi connectivity index (χ1v) is 7.11. The molecule has 0 aliphatic rings. The average molecular weight is 285 g/mol. The third-order valence-corrected chi connectivity index (χ3v) is 3.54. The fourth-order valence-electron chi connectivity index (χ4n) is 2.16. The van der Waals surface area contributed by atoms with Gasteiger partial charge in [0.2, 0.25) is 0 Å². The number of ether oxygens (including phenoxy) is 1. The van der Waals surface area contributed by atoms with Crippen LogP contribution in [0.5, 0.6) is 11.5 Å². The van der Waals surface area contributed by atoms with Gasteiger partial charge in [0.15, 0.2) is 11.5 Å². The van der Waals surface area contributed by atoms with Crippen LogP contribution in [0.2, 0.25) is 0 Å². The smallest absolute Gasteiger partial charge is 0.162 e. The molecule has 0 radical (unpaired) electrons. The van der Waals surface area contributed by atoms with Crippen molar-refractivity contribution in [3.63, 3.8) is 0 Å². The lowest BCUT2D eigenvalue weighted by atomic mass is 9.87. The first kappa shape index (κ1) is 15.2. The highest BCUT2D eigenvalue weighted by Gasteiger charge is 2.13. The molecular weight excluding hydrogens is 262 g/mol. The number of hydrogen-bond acceptors (Lipinski definition) is 3. The van der Waals surface area contributed by atoms with Crippen molar-refractivity contribution in [1.82, 2.24) is 0 Å². The molecule has 0 aliphatic heterocycles. The Balaban J connectivity index is 2.07. The van der Waals surface area contributed by atoms with Gasteiger partial charge >= 0.3 is 0 Å². The molecule has 0 aliphatic carbocycles. The van der Waals surface area contributed by atoms with Crippen LogP contribution >= 0.6 is 0 Å². The van der Waals surface area contributed by atoms with Gasteiger partial charge in [0.05, 0.1) is 7.11 Å². The number of anilines is 1. The third-order valence-electron chi connectivity index (χ3n) is 3.54. The standard InChI is InChI=1S/C18H23NO2/c1-18(2,3)14-8-10-15(11-9-14)19-12-13-6-5-7-16(21-4)17(13)20/h5-11,19-20H,12H2,1-4H3. The predicted octanol–water partition coefficient (Wildman–Crippen LogP) is 4.31. The summed E-state index contributed by atoms with van der Waals surface area (Å²) in [6.07, 6.45) is 0. The maximum atomic E-state index is 10.1. The number of nitrogens with one attached hydrogen (secondary N) is 1. The highest BCUT2D eigenvalue weighted by Crippen LogP contribution is 2.30. The van der Waals surface area contributed by atoms with E-state index in [4.69, 9.17) is 4.74 Å². The Hall–Kier alpha value is -2.16. The third kappa shape index (κ3) is 3.69. The van der Waals surface area contributed by atoms with Gasteiger partial charge < -0.3 is 15.2 Å². The van der Waals surface area contributed by atoms with E-state index >= 15 is 0 Å². The molecule has 2 aromatic carbocycles. The number of rotatable bonds is 4. The highest BCUT2D eigenvalue weighted by molar-refractivity contribution is 5.50. The van der Waals surface area contributed by atoms with Gasteiger partial charge in [-0.15, -0.1) is 0 Å². The zero-order valence-corrected chi connectivity index (χ0v) is 13.1. The van der Waals surface area contributed by atoms with E-state index in [0.29, 0.717) is 12.3 Å². The normalized spacial score (nSPS) is 11.2. The first-order chi connectivity index (χ1) is 9.91. The monoisotopic (exact) mass is 285 g/mol. The summed E-state index contributed by atoms with van der Waals surface area (Å²) in [7, 11) is 1.55. The van der Waals surface area contributed by atoms with Gasteiger partial charge in [0, 0.05) is 17.8 Å². The molecule has 112 valence electrons. The summed E-state index contributed by atoms with van der Waals surface area (Å²) in [4.78, 5) is 0. The molecule has 3 heteroatoms. The quantitative estimate of drug-likeness (QED) is 0.879. The van der Waals surface area contributed by atoms with Gasteiger partial charge in [-0.1, -0.05) is 45.0 Å². The van der Waals surface area contributed by atoms with Crippen molar-refractivity contribution in [1.29, 1.82) is 0 Å². The zero-order valence-electron chi connectivity index (χ0n) is 13.1. The van der Waals surface area contributed by atoms with Gasteiger partial charge in [0.25, 0.3) is 0 Å². The lowest BCUT2D eigenvalue weighted by Gasteiger charge is -2.19.